The van der Waals surface area contributed by atoms with Gasteiger partial charge in [-0.3, -0.25) is 14.4 Å². The maximum atomic E-state index is 12.7. The number of anilines is 1. The van der Waals surface area contributed by atoms with E-state index in [1.165, 1.54) is 11.8 Å². The highest BCUT2D eigenvalue weighted by molar-refractivity contribution is 7.99. The van der Waals surface area contributed by atoms with Crippen LogP contribution in [0.3, 0.4) is 0 Å². The number of nitrogens with zero attached hydrogens (tertiary/aromatic N) is 1. The fourth-order valence-electron chi connectivity index (χ4n) is 3.33. The van der Waals surface area contributed by atoms with Crippen molar-refractivity contribution in [3.63, 3.8) is 0 Å². The molecule has 2 saturated heterocycles. The highest BCUT2D eigenvalue weighted by Crippen LogP contribution is 2.26. The van der Waals surface area contributed by atoms with Crippen LogP contribution in [0.15, 0.2) is 54.6 Å². The Kier molecular flexibility index (Phi) is 5.71. The smallest absolute Gasteiger partial charge is 0.248 e. The molecule has 7 nitrogen and oxygen atoms in total. The molecule has 2 aliphatic heterocycles. The third-order valence-corrected chi connectivity index (χ3v) is 5.87. The van der Waals surface area contributed by atoms with Crippen LogP contribution in [0.1, 0.15) is 12.8 Å². The summed E-state index contributed by atoms with van der Waals surface area (Å²) in [6.07, 6.45) is 0.835. The third-order valence-electron chi connectivity index (χ3n) is 4.86. The Morgan fingerprint density at radius 2 is 1.79 bits per heavy atom. The molecule has 0 unspecified atom stereocenters. The average molecular weight is 411 g/mol. The van der Waals surface area contributed by atoms with Gasteiger partial charge in [-0.25, -0.2) is 0 Å². The van der Waals surface area contributed by atoms with Gasteiger partial charge in [0.15, 0.2) is 0 Å². The summed E-state index contributed by atoms with van der Waals surface area (Å²) in [4.78, 5) is 38.4. The molecule has 0 bridgehead atoms. The van der Waals surface area contributed by atoms with Crippen molar-refractivity contribution >= 4 is 35.2 Å². The van der Waals surface area contributed by atoms with Crippen molar-refractivity contribution in [2.24, 2.45) is 0 Å². The van der Waals surface area contributed by atoms with Gasteiger partial charge in [0.05, 0.1) is 5.88 Å². The average Bonchev–Trinajstić information content (AvgIpc) is 3.39. The number of amides is 3. The van der Waals surface area contributed by atoms with Crippen molar-refractivity contribution in [1.29, 1.82) is 0 Å². The topological polar surface area (TPSA) is 87.7 Å². The largest absolute Gasteiger partial charge is 0.457 e. The second kappa shape index (κ2) is 8.57. The number of nitrogens with one attached hydrogen (secondary N) is 2. The number of thioether (sulfide) groups is 1. The number of hydrogen-bond acceptors (Lipinski definition) is 5. The van der Waals surface area contributed by atoms with Crippen LogP contribution in [0.2, 0.25) is 0 Å². The molecule has 0 saturated carbocycles. The highest BCUT2D eigenvalue weighted by Gasteiger charge is 2.39. The first-order chi connectivity index (χ1) is 14.1. The molecule has 4 rings (SSSR count). The van der Waals surface area contributed by atoms with E-state index in [9.17, 15) is 14.4 Å². The van der Waals surface area contributed by atoms with E-state index in [2.05, 4.69) is 10.6 Å². The Bertz CT molecular complexity index is 904. The van der Waals surface area contributed by atoms with Crippen molar-refractivity contribution in [2.45, 2.75) is 24.9 Å². The summed E-state index contributed by atoms with van der Waals surface area (Å²) in [6.45, 7) is 0. The zero-order valence-corrected chi connectivity index (χ0v) is 16.5. The number of hydrogen-bond donors (Lipinski definition) is 2. The van der Waals surface area contributed by atoms with Gasteiger partial charge in [0.1, 0.15) is 23.6 Å². The predicted octanol–water partition coefficient (Wildman–Crippen LogP) is 2.60. The minimum absolute atomic E-state index is 0.117. The van der Waals surface area contributed by atoms with Crippen molar-refractivity contribution in [3.8, 4) is 11.5 Å². The van der Waals surface area contributed by atoms with E-state index in [1.807, 2.05) is 30.3 Å². The van der Waals surface area contributed by atoms with E-state index in [-0.39, 0.29) is 17.7 Å². The molecule has 29 heavy (non-hydrogen) atoms. The SMILES string of the molecule is O=C1CC[C@H](C(=O)N2CSC[C@H]2C(=O)Nc2ccc(Oc3ccccc3)cc2)N1. The standard InChI is InChI=1S/C21H21N3O4S/c25-19-11-10-17(23-19)21(27)24-13-29-12-18(24)20(26)22-14-6-8-16(9-7-14)28-15-4-2-1-3-5-15/h1-9,17-18H,10-13H2,(H,22,26)(H,23,25)/t17-,18+/m1/s1. The van der Waals surface area contributed by atoms with Crippen LogP contribution in [0.4, 0.5) is 5.69 Å². The first-order valence-electron chi connectivity index (χ1n) is 9.41. The predicted molar refractivity (Wildman–Crippen MR) is 111 cm³/mol. The molecule has 0 spiro atoms. The Labute approximate surface area is 172 Å². The summed E-state index contributed by atoms with van der Waals surface area (Å²) in [5, 5.41) is 5.55. The lowest BCUT2D eigenvalue weighted by Gasteiger charge is -2.25. The highest BCUT2D eigenvalue weighted by atomic mass is 32.2. The van der Waals surface area contributed by atoms with Crippen LogP contribution < -0.4 is 15.4 Å². The van der Waals surface area contributed by atoms with Gasteiger partial charge in [-0.1, -0.05) is 18.2 Å². The molecule has 2 fully saturated rings. The van der Waals surface area contributed by atoms with E-state index in [0.717, 1.165) is 5.75 Å². The summed E-state index contributed by atoms with van der Waals surface area (Å²) < 4.78 is 5.75. The fraction of sp³-hybridized carbons (Fsp3) is 0.286. The van der Waals surface area contributed by atoms with Crippen LogP contribution in [-0.2, 0) is 14.4 Å². The minimum atomic E-state index is -0.551. The summed E-state index contributed by atoms with van der Waals surface area (Å²) in [5.41, 5.74) is 0.633. The Balaban J connectivity index is 1.36. The van der Waals surface area contributed by atoms with Crippen LogP contribution in [-0.4, -0.2) is 46.3 Å². The van der Waals surface area contributed by atoms with Gasteiger partial charge in [0.2, 0.25) is 17.7 Å². The molecule has 0 aliphatic carbocycles. The normalized spacial score (nSPS) is 21.0. The maximum absolute atomic E-state index is 12.7. The molecular formula is C21H21N3O4S. The van der Waals surface area contributed by atoms with Crippen molar-refractivity contribution in [1.82, 2.24) is 10.2 Å². The molecule has 2 aliphatic rings. The van der Waals surface area contributed by atoms with Crippen LogP contribution >= 0.6 is 11.8 Å². The van der Waals surface area contributed by atoms with Crippen LogP contribution in [0.25, 0.3) is 0 Å². The molecule has 2 atom stereocenters. The Morgan fingerprint density at radius 3 is 2.48 bits per heavy atom. The molecule has 3 amide bonds. The van der Waals surface area contributed by atoms with E-state index in [0.29, 0.717) is 35.9 Å². The lowest BCUT2D eigenvalue weighted by atomic mass is 10.1. The number of carbonyl (C=O) groups is 3. The monoisotopic (exact) mass is 411 g/mol. The first-order valence-corrected chi connectivity index (χ1v) is 10.6. The maximum Gasteiger partial charge on any atom is 0.248 e. The number of rotatable bonds is 5. The third kappa shape index (κ3) is 4.54. The Hall–Kier alpha value is -3.00. The van der Waals surface area contributed by atoms with Gasteiger partial charge >= 0.3 is 0 Å². The molecule has 2 aromatic carbocycles. The molecule has 2 N–H and O–H groups in total. The molecule has 2 heterocycles. The molecule has 2 aromatic rings. The molecule has 150 valence electrons. The lowest BCUT2D eigenvalue weighted by molar-refractivity contribution is -0.138. The van der Waals surface area contributed by atoms with Crippen molar-refractivity contribution in [3.05, 3.63) is 54.6 Å². The number of para-hydroxylation sites is 1. The summed E-state index contributed by atoms with van der Waals surface area (Å²) in [5.74, 6) is 1.85. The quantitative estimate of drug-likeness (QED) is 0.790. The fourth-order valence-corrected chi connectivity index (χ4v) is 4.50. The summed E-state index contributed by atoms with van der Waals surface area (Å²) in [6, 6.07) is 15.5. The number of ether oxygens (including phenoxy) is 1. The van der Waals surface area contributed by atoms with Gasteiger partial charge in [-0.05, 0) is 42.8 Å². The van der Waals surface area contributed by atoms with E-state index < -0.39 is 12.1 Å². The van der Waals surface area contributed by atoms with E-state index in [1.54, 1.807) is 29.2 Å². The van der Waals surface area contributed by atoms with Crippen LogP contribution in [0, 0.1) is 0 Å². The van der Waals surface area contributed by atoms with E-state index in [4.69, 9.17) is 4.74 Å². The van der Waals surface area contributed by atoms with Gasteiger partial charge in [0, 0.05) is 17.9 Å². The van der Waals surface area contributed by atoms with Crippen LogP contribution in [0.5, 0.6) is 11.5 Å². The summed E-state index contributed by atoms with van der Waals surface area (Å²) >= 11 is 1.53. The molecule has 0 radical (unpaired) electrons. The van der Waals surface area contributed by atoms with Gasteiger partial charge in [0.25, 0.3) is 0 Å². The minimum Gasteiger partial charge on any atom is -0.457 e. The van der Waals surface area contributed by atoms with Gasteiger partial charge in [-0.15, -0.1) is 11.8 Å². The van der Waals surface area contributed by atoms with Crippen molar-refractivity contribution < 1.29 is 19.1 Å². The Morgan fingerprint density at radius 1 is 1.07 bits per heavy atom. The number of carbonyl (C=O) groups excluding carboxylic acids is 3. The molecular weight excluding hydrogens is 390 g/mol. The second-order valence-electron chi connectivity index (χ2n) is 6.91. The molecule has 0 aromatic heterocycles. The summed E-state index contributed by atoms with van der Waals surface area (Å²) in [7, 11) is 0. The zero-order valence-electron chi connectivity index (χ0n) is 15.7. The number of benzene rings is 2. The lowest BCUT2D eigenvalue weighted by Crippen LogP contribution is -2.50. The zero-order chi connectivity index (χ0) is 20.2. The van der Waals surface area contributed by atoms with Crippen molar-refractivity contribution in [2.75, 3.05) is 16.9 Å². The second-order valence-corrected chi connectivity index (χ2v) is 7.91. The van der Waals surface area contributed by atoms with E-state index >= 15 is 0 Å². The molecule has 8 heteroatoms. The van der Waals surface area contributed by atoms with Gasteiger partial charge in [-0.2, -0.15) is 0 Å². The van der Waals surface area contributed by atoms with Gasteiger partial charge < -0.3 is 20.3 Å². The first kappa shape index (κ1) is 19.3.